The molecule has 0 radical (unpaired) electrons. The molecule has 47 heavy (non-hydrogen) atoms. The molecule has 0 atom stereocenters. The smallest absolute Gasteiger partial charge is 0.303 e. The molecule has 0 bridgehead atoms. The molecule has 268 valence electrons. The molecule has 2 aromatic rings. The van der Waals surface area contributed by atoms with Crippen molar-refractivity contribution in [1.82, 2.24) is 14.9 Å². The minimum atomic E-state index is -0.737. The Morgan fingerprint density at radius 1 is 0.723 bits per heavy atom. The summed E-state index contributed by atoms with van der Waals surface area (Å²) in [5.41, 5.74) is 1.08. The van der Waals surface area contributed by atoms with E-state index < -0.39 is 5.97 Å². The highest BCUT2D eigenvalue weighted by Gasteiger charge is 2.26. The number of ether oxygens (including phenoxy) is 3. The second-order valence-corrected chi connectivity index (χ2v) is 11.7. The number of methoxy groups -OCH3 is 2. The van der Waals surface area contributed by atoms with Gasteiger partial charge in [0.2, 0.25) is 11.7 Å². The Hall–Kier alpha value is -2.31. The van der Waals surface area contributed by atoms with Crippen molar-refractivity contribution in [2.75, 3.05) is 87.9 Å². The molecule has 3 aliphatic rings. The number of halogens is 4. The molecule has 1 N–H and O–H groups in total. The lowest BCUT2D eigenvalue weighted by molar-refractivity contribution is -0.137. The number of anilines is 3. The van der Waals surface area contributed by atoms with Gasteiger partial charge in [-0.1, -0.05) is 18.9 Å². The number of rotatable bonds is 15. The first-order valence-corrected chi connectivity index (χ1v) is 16.0. The van der Waals surface area contributed by atoms with E-state index >= 15 is 0 Å². The van der Waals surface area contributed by atoms with Crippen LogP contribution in [0.15, 0.2) is 18.2 Å². The Bertz CT molecular complexity index is 1180. The van der Waals surface area contributed by atoms with Gasteiger partial charge in [-0.05, 0) is 44.6 Å². The summed E-state index contributed by atoms with van der Waals surface area (Å²) in [6.07, 6.45) is 8.46. The number of carboxylic acids is 1. The quantitative estimate of drug-likeness (QED) is 0.214. The zero-order chi connectivity index (χ0) is 30.0. The number of carbonyl (C=O) groups is 1. The topological polar surface area (TPSA) is 104 Å². The van der Waals surface area contributed by atoms with Crippen LogP contribution >= 0.6 is 49.6 Å². The van der Waals surface area contributed by atoms with Gasteiger partial charge in [-0.3, -0.25) is 9.69 Å². The first kappa shape index (κ1) is 42.7. The first-order valence-electron chi connectivity index (χ1n) is 16.0. The molecule has 15 heteroatoms. The van der Waals surface area contributed by atoms with Crippen LogP contribution in [0.4, 0.5) is 17.6 Å². The molecule has 5 rings (SSSR count). The molecule has 1 aromatic heterocycles. The molecular formula is C32H52Cl4N6O5. The van der Waals surface area contributed by atoms with E-state index in [0.29, 0.717) is 24.5 Å². The summed E-state index contributed by atoms with van der Waals surface area (Å²) in [5.74, 6) is 4.26. The molecule has 0 unspecified atom stereocenters. The maximum atomic E-state index is 10.8. The van der Waals surface area contributed by atoms with Crippen molar-refractivity contribution in [3.05, 3.63) is 23.8 Å². The van der Waals surface area contributed by atoms with E-state index in [9.17, 15) is 4.79 Å². The number of piperazine rings is 1. The summed E-state index contributed by atoms with van der Waals surface area (Å²) in [5, 5.41) is 8.85. The third kappa shape index (κ3) is 11.7. The largest absolute Gasteiger partial charge is 0.493 e. The highest BCUT2D eigenvalue weighted by atomic mass is 35.5. The molecule has 0 saturated carbocycles. The van der Waals surface area contributed by atoms with Gasteiger partial charge < -0.3 is 34.0 Å². The van der Waals surface area contributed by atoms with Gasteiger partial charge in [0.15, 0.2) is 11.5 Å². The molecule has 0 aliphatic carbocycles. The molecular weight excluding hydrogens is 690 g/mol. The van der Waals surface area contributed by atoms with E-state index in [4.69, 9.17) is 29.3 Å². The van der Waals surface area contributed by atoms with Gasteiger partial charge >= 0.3 is 5.97 Å². The fourth-order valence-corrected chi connectivity index (χ4v) is 6.24. The van der Waals surface area contributed by atoms with Crippen LogP contribution in [0.2, 0.25) is 0 Å². The third-order valence-corrected chi connectivity index (χ3v) is 8.71. The van der Waals surface area contributed by atoms with Crippen molar-refractivity contribution in [1.29, 1.82) is 0 Å². The zero-order valence-electron chi connectivity index (χ0n) is 27.6. The van der Waals surface area contributed by atoms with Gasteiger partial charge in [-0.25, -0.2) is 0 Å². The van der Waals surface area contributed by atoms with E-state index in [-0.39, 0.29) is 56.0 Å². The Balaban J connectivity index is 0.00000276. The van der Waals surface area contributed by atoms with E-state index in [1.807, 2.05) is 6.07 Å². The molecule has 4 heterocycles. The van der Waals surface area contributed by atoms with Crippen LogP contribution in [-0.4, -0.2) is 99.1 Å². The number of aliphatic carboxylic acids is 1. The average molecular weight is 743 g/mol. The van der Waals surface area contributed by atoms with Crippen LogP contribution in [0.1, 0.15) is 63.4 Å². The van der Waals surface area contributed by atoms with Gasteiger partial charge in [0, 0.05) is 77.0 Å². The maximum absolute atomic E-state index is 10.8. The number of aromatic nitrogens is 2. The minimum Gasteiger partial charge on any atom is -0.493 e. The van der Waals surface area contributed by atoms with Crippen molar-refractivity contribution in [2.45, 2.75) is 64.3 Å². The van der Waals surface area contributed by atoms with Crippen LogP contribution in [0.5, 0.6) is 17.2 Å². The van der Waals surface area contributed by atoms with E-state index in [0.717, 1.165) is 107 Å². The number of unbranched alkanes of at least 4 members (excludes halogenated alkanes) is 3. The lowest BCUT2D eigenvalue weighted by Gasteiger charge is -2.36. The number of hydrogen-bond acceptors (Lipinski definition) is 10. The summed E-state index contributed by atoms with van der Waals surface area (Å²) in [7, 11) is 3.29. The second kappa shape index (κ2) is 21.6. The maximum Gasteiger partial charge on any atom is 0.303 e. The van der Waals surface area contributed by atoms with Gasteiger partial charge in [0.1, 0.15) is 11.6 Å². The average Bonchev–Trinajstić information content (AvgIpc) is 3.77. The Kier molecular flexibility index (Phi) is 19.6. The van der Waals surface area contributed by atoms with Crippen LogP contribution < -0.4 is 28.9 Å². The Morgan fingerprint density at radius 3 is 1.87 bits per heavy atom. The van der Waals surface area contributed by atoms with Crippen molar-refractivity contribution in [3.63, 3.8) is 0 Å². The van der Waals surface area contributed by atoms with Gasteiger partial charge in [-0.2, -0.15) is 9.97 Å². The van der Waals surface area contributed by atoms with E-state index in [1.54, 1.807) is 14.2 Å². The van der Waals surface area contributed by atoms with Crippen LogP contribution in [0.25, 0.3) is 0 Å². The monoisotopic (exact) mass is 740 g/mol. The third-order valence-electron chi connectivity index (χ3n) is 8.71. The molecule has 3 fully saturated rings. The SMILES string of the molecule is COc1ccc(CN2CCN(c3cc(N4CCCC4)nc(N4CCCC4)n3)CC2)c(OCCCCCCC(=O)O)c1OC.Cl.Cl.Cl.Cl. The predicted molar refractivity (Wildman–Crippen MR) is 197 cm³/mol. The molecule has 0 amide bonds. The van der Waals surface area contributed by atoms with Crippen molar-refractivity contribution in [3.8, 4) is 17.2 Å². The normalized spacial score (nSPS) is 16.0. The second-order valence-electron chi connectivity index (χ2n) is 11.7. The zero-order valence-corrected chi connectivity index (χ0v) is 30.8. The van der Waals surface area contributed by atoms with Crippen LogP contribution in [0.3, 0.4) is 0 Å². The van der Waals surface area contributed by atoms with Gasteiger partial charge in [0.25, 0.3) is 0 Å². The molecule has 3 saturated heterocycles. The minimum absolute atomic E-state index is 0. The summed E-state index contributed by atoms with van der Waals surface area (Å²) < 4.78 is 17.6. The lowest BCUT2D eigenvalue weighted by Crippen LogP contribution is -2.46. The molecule has 3 aliphatic heterocycles. The van der Waals surface area contributed by atoms with Crippen molar-refractivity contribution < 1.29 is 24.1 Å². The fraction of sp³-hybridized carbons (Fsp3) is 0.656. The summed E-state index contributed by atoms with van der Waals surface area (Å²) in [4.78, 5) is 30.4. The lowest BCUT2D eigenvalue weighted by atomic mass is 10.1. The molecule has 1 aromatic carbocycles. The Labute approximate surface area is 304 Å². The number of carboxylic acid groups (broad SMARTS) is 1. The van der Waals surface area contributed by atoms with Gasteiger partial charge in [0.05, 0.1) is 20.8 Å². The Morgan fingerprint density at radius 2 is 1.30 bits per heavy atom. The number of hydrogen-bond donors (Lipinski definition) is 1. The fourth-order valence-electron chi connectivity index (χ4n) is 6.24. The number of benzene rings is 1. The standard InChI is InChI=1S/C32H48N6O5.4ClH/c1-41-26-13-12-25(30(31(26)42-2)43-22-10-4-3-5-11-29(39)40)24-35-18-20-37(21-19-35)28-23-27(36-14-6-7-15-36)33-32(34-28)38-16-8-9-17-38;;;;/h12-13,23H,3-11,14-22,24H2,1-2H3,(H,39,40);4*1H. The summed E-state index contributed by atoms with van der Waals surface area (Å²) in [6, 6.07) is 6.22. The molecule has 0 spiro atoms. The predicted octanol–water partition coefficient (Wildman–Crippen LogP) is 6.12. The highest BCUT2D eigenvalue weighted by Crippen LogP contribution is 2.41. The summed E-state index contributed by atoms with van der Waals surface area (Å²) >= 11 is 0. The number of nitrogens with zero attached hydrogens (tertiary/aromatic N) is 6. The van der Waals surface area contributed by atoms with Crippen molar-refractivity contribution >= 4 is 73.2 Å². The van der Waals surface area contributed by atoms with Crippen molar-refractivity contribution in [2.24, 2.45) is 0 Å². The molecule has 11 nitrogen and oxygen atoms in total. The van der Waals surface area contributed by atoms with E-state index in [2.05, 4.69) is 31.7 Å². The highest BCUT2D eigenvalue weighted by molar-refractivity contribution is 5.86. The van der Waals surface area contributed by atoms with Gasteiger partial charge in [-0.15, -0.1) is 49.6 Å². The first-order chi connectivity index (χ1) is 21.1. The summed E-state index contributed by atoms with van der Waals surface area (Å²) in [6.45, 7) is 9.15. The van der Waals surface area contributed by atoms with Crippen LogP contribution in [-0.2, 0) is 11.3 Å². The van der Waals surface area contributed by atoms with Crippen LogP contribution in [0, 0.1) is 0 Å². The van der Waals surface area contributed by atoms with E-state index in [1.165, 1.54) is 25.7 Å².